The van der Waals surface area contributed by atoms with Crippen LogP contribution in [-0.4, -0.2) is 22.7 Å². The number of benzene rings is 1. The largest absolute Gasteiger partial charge is 0.466 e. The molecule has 0 aliphatic rings. The Morgan fingerprint density at radius 1 is 1.30 bits per heavy atom. The van der Waals surface area contributed by atoms with Crippen molar-refractivity contribution in [3.8, 4) is 0 Å². The van der Waals surface area contributed by atoms with E-state index < -0.39 is 0 Å². The first-order valence-electron chi connectivity index (χ1n) is 6.61. The van der Waals surface area contributed by atoms with Crippen molar-refractivity contribution in [2.45, 2.75) is 33.6 Å². The van der Waals surface area contributed by atoms with Crippen molar-refractivity contribution in [1.29, 1.82) is 0 Å². The predicted octanol–water partition coefficient (Wildman–Crippen LogP) is 2.38. The molecule has 1 heterocycles. The zero-order chi connectivity index (χ0) is 14.5. The van der Waals surface area contributed by atoms with Crippen LogP contribution in [0.1, 0.15) is 35.3 Å². The maximum Gasteiger partial charge on any atom is 0.315 e. The molecule has 0 radical (unpaired) electrons. The van der Waals surface area contributed by atoms with E-state index in [1.165, 1.54) is 11.1 Å². The smallest absolute Gasteiger partial charge is 0.315 e. The summed E-state index contributed by atoms with van der Waals surface area (Å²) in [7, 11) is 0. The topological polar surface area (TPSA) is 65.2 Å². The summed E-state index contributed by atoms with van der Waals surface area (Å²) in [5.41, 5.74) is 3.61. The number of nitrogens with zero attached hydrogens (tertiary/aromatic N) is 2. The Balaban J connectivity index is 2.02. The molecule has 0 fully saturated rings. The van der Waals surface area contributed by atoms with Gasteiger partial charge in [-0.3, -0.25) is 4.79 Å². The van der Waals surface area contributed by atoms with Gasteiger partial charge in [0.1, 0.15) is 6.42 Å². The molecule has 1 aromatic heterocycles. The number of ether oxygens (including phenoxy) is 1. The van der Waals surface area contributed by atoms with Crippen molar-refractivity contribution in [1.82, 2.24) is 10.1 Å². The van der Waals surface area contributed by atoms with Gasteiger partial charge in [0.15, 0.2) is 5.82 Å². The third kappa shape index (κ3) is 3.66. The van der Waals surface area contributed by atoms with Crippen molar-refractivity contribution in [3.63, 3.8) is 0 Å². The van der Waals surface area contributed by atoms with Crippen LogP contribution in [-0.2, 0) is 22.4 Å². The Labute approximate surface area is 118 Å². The molecule has 2 aromatic rings. The highest BCUT2D eigenvalue weighted by atomic mass is 16.5. The number of hydrogen-bond acceptors (Lipinski definition) is 5. The first-order chi connectivity index (χ1) is 9.58. The molecule has 0 saturated carbocycles. The summed E-state index contributed by atoms with van der Waals surface area (Å²) in [4.78, 5) is 15.5. The highest BCUT2D eigenvalue weighted by Crippen LogP contribution is 2.13. The van der Waals surface area contributed by atoms with Crippen LogP contribution in [0.15, 0.2) is 22.7 Å². The summed E-state index contributed by atoms with van der Waals surface area (Å²) in [6.45, 7) is 6.26. The zero-order valence-corrected chi connectivity index (χ0v) is 12.0. The summed E-state index contributed by atoms with van der Waals surface area (Å²) in [5, 5.41) is 3.88. The molecule has 0 aliphatic carbocycles. The summed E-state index contributed by atoms with van der Waals surface area (Å²) in [6.07, 6.45) is 0.612. The van der Waals surface area contributed by atoms with Gasteiger partial charge in [-0.25, -0.2) is 0 Å². The Hall–Kier alpha value is -2.17. The van der Waals surface area contributed by atoms with Crippen molar-refractivity contribution in [3.05, 3.63) is 46.6 Å². The van der Waals surface area contributed by atoms with E-state index in [9.17, 15) is 4.79 Å². The van der Waals surface area contributed by atoms with Crippen molar-refractivity contribution in [2.75, 3.05) is 6.61 Å². The van der Waals surface area contributed by atoms with Crippen molar-refractivity contribution >= 4 is 5.97 Å². The molecule has 106 valence electrons. The number of aryl methyl sites for hydroxylation is 2. The Morgan fingerprint density at radius 3 is 2.80 bits per heavy atom. The van der Waals surface area contributed by atoms with Gasteiger partial charge in [0.25, 0.3) is 0 Å². The fraction of sp³-hybridized carbons (Fsp3) is 0.400. The van der Waals surface area contributed by atoms with Crippen LogP contribution in [0.4, 0.5) is 0 Å². The van der Waals surface area contributed by atoms with Crippen LogP contribution >= 0.6 is 0 Å². The maximum absolute atomic E-state index is 11.3. The normalized spacial score (nSPS) is 10.6. The van der Waals surface area contributed by atoms with E-state index in [-0.39, 0.29) is 12.4 Å². The number of carbonyl (C=O) groups excluding carboxylic acids is 1. The lowest BCUT2D eigenvalue weighted by molar-refractivity contribution is -0.142. The van der Waals surface area contributed by atoms with Gasteiger partial charge in [0.2, 0.25) is 5.89 Å². The van der Waals surface area contributed by atoms with Gasteiger partial charge >= 0.3 is 5.97 Å². The number of hydrogen-bond donors (Lipinski definition) is 0. The maximum atomic E-state index is 11.3. The second-order valence-corrected chi connectivity index (χ2v) is 4.68. The van der Waals surface area contributed by atoms with Gasteiger partial charge in [-0.1, -0.05) is 23.4 Å². The summed E-state index contributed by atoms with van der Waals surface area (Å²) in [5.74, 6) is 0.517. The first kappa shape index (κ1) is 14.2. The molecule has 0 saturated heterocycles. The highest BCUT2D eigenvalue weighted by Gasteiger charge is 2.12. The van der Waals surface area contributed by atoms with Gasteiger partial charge in [0.05, 0.1) is 6.61 Å². The molecule has 0 aliphatic heterocycles. The lowest BCUT2D eigenvalue weighted by atomic mass is 10.0. The van der Waals surface area contributed by atoms with E-state index in [0.717, 1.165) is 5.56 Å². The molecule has 1 aromatic carbocycles. The SMILES string of the molecule is CCOC(=O)Cc1nc(Cc2ccc(C)c(C)c2)no1. The van der Waals surface area contributed by atoms with E-state index in [4.69, 9.17) is 9.26 Å². The summed E-state index contributed by atoms with van der Waals surface area (Å²) >= 11 is 0. The molecular weight excluding hydrogens is 256 g/mol. The molecule has 0 bridgehead atoms. The van der Waals surface area contributed by atoms with Crippen LogP contribution in [0, 0.1) is 13.8 Å². The Morgan fingerprint density at radius 2 is 2.10 bits per heavy atom. The molecule has 0 N–H and O–H groups in total. The van der Waals surface area contributed by atoms with Gasteiger partial charge in [0, 0.05) is 6.42 Å². The van der Waals surface area contributed by atoms with Gasteiger partial charge < -0.3 is 9.26 Å². The minimum Gasteiger partial charge on any atom is -0.466 e. The molecule has 5 heteroatoms. The Kier molecular flexibility index (Phi) is 4.50. The van der Waals surface area contributed by atoms with E-state index in [1.54, 1.807) is 6.92 Å². The molecular formula is C15H18N2O3. The molecule has 5 nitrogen and oxygen atoms in total. The van der Waals surface area contributed by atoms with Crippen molar-refractivity contribution < 1.29 is 14.1 Å². The fourth-order valence-corrected chi connectivity index (χ4v) is 1.87. The predicted molar refractivity (Wildman–Crippen MR) is 73.4 cm³/mol. The average Bonchev–Trinajstić information content (AvgIpc) is 2.81. The molecule has 2 rings (SSSR count). The van der Waals surface area contributed by atoms with E-state index in [1.807, 2.05) is 6.07 Å². The van der Waals surface area contributed by atoms with Crippen molar-refractivity contribution in [2.24, 2.45) is 0 Å². The van der Waals surface area contributed by atoms with Gasteiger partial charge in [-0.05, 0) is 37.5 Å². The van der Waals surface area contributed by atoms with Gasteiger partial charge in [-0.2, -0.15) is 4.98 Å². The standard InChI is InChI=1S/C15H18N2O3/c1-4-19-15(18)9-14-16-13(17-20-14)8-12-6-5-10(2)11(3)7-12/h5-7H,4,8-9H2,1-3H3. The number of rotatable bonds is 5. The third-order valence-corrected chi connectivity index (χ3v) is 3.04. The molecule has 0 atom stereocenters. The van der Waals surface area contributed by atoms with E-state index >= 15 is 0 Å². The second kappa shape index (κ2) is 6.32. The second-order valence-electron chi connectivity index (χ2n) is 4.68. The molecule has 0 spiro atoms. The summed E-state index contributed by atoms with van der Waals surface area (Å²) in [6, 6.07) is 6.23. The van der Waals surface area contributed by atoms with E-state index in [0.29, 0.717) is 24.7 Å². The lowest BCUT2D eigenvalue weighted by Gasteiger charge is -2.02. The lowest BCUT2D eigenvalue weighted by Crippen LogP contribution is -2.07. The number of esters is 1. The van der Waals surface area contributed by atoms with Crippen LogP contribution in [0.25, 0.3) is 0 Å². The monoisotopic (exact) mass is 274 g/mol. The first-order valence-corrected chi connectivity index (χ1v) is 6.61. The Bertz CT molecular complexity index is 605. The molecule has 0 unspecified atom stereocenters. The zero-order valence-electron chi connectivity index (χ0n) is 12.0. The number of aromatic nitrogens is 2. The highest BCUT2D eigenvalue weighted by molar-refractivity contribution is 5.71. The fourth-order valence-electron chi connectivity index (χ4n) is 1.87. The number of carbonyl (C=O) groups is 1. The minimum atomic E-state index is -0.353. The minimum absolute atomic E-state index is 0.0216. The van der Waals surface area contributed by atoms with Crippen LogP contribution in [0.3, 0.4) is 0 Å². The van der Waals surface area contributed by atoms with Crippen LogP contribution < -0.4 is 0 Å². The molecule has 20 heavy (non-hydrogen) atoms. The van der Waals surface area contributed by atoms with Gasteiger partial charge in [-0.15, -0.1) is 0 Å². The average molecular weight is 274 g/mol. The quantitative estimate of drug-likeness (QED) is 0.783. The summed E-state index contributed by atoms with van der Waals surface area (Å²) < 4.78 is 9.88. The molecule has 0 amide bonds. The third-order valence-electron chi connectivity index (χ3n) is 3.04. The van der Waals surface area contributed by atoms with Crippen LogP contribution in [0.2, 0.25) is 0 Å². The van der Waals surface area contributed by atoms with Crippen LogP contribution in [0.5, 0.6) is 0 Å². The van der Waals surface area contributed by atoms with E-state index in [2.05, 4.69) is 36.1 Å².